The van der Waals surface area contributed by atoms with Gasteiger partial charge in [-0.3, -0.25) is 19.4 Å². The van der Waals surface area contributed by atoms with Crippen molar-refractivity contribution in [2.24, 2.45) is 0 Å². The Kier molecular flexibility index (Phi) is 5.90. The Bertz CT molecular complexity index is 735. The third-order valence-electron chi connectivity index (χ3n) is 6.58. The summed E-state index contributed by atoms with van der Waals surface area (Å²) < 4.78 is 0. The molecule has 3 heterocycles. The van der Waals surface area contributed by atoms with Gasteiger partial charge in [0.15, 0.2) is 0 Å². The van der Waals surface area contributed by atoms with E-state index >= 15 is 0 Å². The van der Waals surface area contributed by atoms with Gasteiger partial charge in [-0.2, -0.15) is 0 Å². The highest BCUT2D eigenvalue weighted by Gasteiger charge is 2.56. The summed E-state index contributed by atoms with van der Waals surface area (Å²) >= 11 is 0. The van der Waals surface area contributed by atoms with Crippen molar-refractivity contribution >= 4 is 11.8 Å². The molecule has 3 aliphatic heterocycles. The van der Waals surface area contributed by atoms with Crippen molar-refractivity contribution in [3.05, 3.63) is 35.9 Å². The molecule has 0 saturated carbocycles. The molecular formula is C22H32N4O3. The predicted molar refractivity (Wildman–Crippen MR) is 110 cm³/mol. The first-order valence-corrected chi connectivity index (χ1v) is 10.7. The molecular weight excluding hydrogens is 368 g/mol. The van der Waals surface area contributed by atoms with E-state index in [0.29, 0.717) is 25.6 Å². The van der Waals surface area contributed by atoms with E-state index in [4.69, 9.17) is 0 Å². The molecule has 3 fully saturated rings. The van der Waals surface area contributed by atoms with Crippen LogP contribution in [0.15, 0.2) is 30.3 Å². The van der Waals surface area contributed by atoms with Crippen molar-refractivity contribution in [3.63, 3.8) is 0 Å². The third-order valence-corrected chi connectivity index (χ3v) is 6.58. The van der Waals surface area contributed by atoms with E-state index < -0.39 is 0 Å². The fraction of sp³-hybridized carbons (Fsp3) is 0.636. The number of benzene rings is 1. The first kappa shape index (κ1) is 20.3. The monoisotopic (exact) mass is 400 g/mol. The second-order valence-corrected chi connectivity index (χ2v) is 8.87. The van der Waals surface area contributed by atoms with E-state index in [-0.39, 0.29) is 23.5 Å². The van der Waals surface area contributed by atoms with E-state index in [2.05, 4.69) is 39.4 Å². The van der Waals surface area contributed by atoms with Crippen molar-refractivity contribution in [3.8, 4) is 0 Å². The van der Waals surface area contributed by atoms with Crippen LogP contribution in [0, 0.1) is 0 Å². The van der Waals surface area contributed by atoms with Crippen LogP contribution in [0.1, 0.15) is 25.3 Å². The van der Waals surface area contributed by atoms with Crippen LogP contribution in [0.2, 0.25) is 0 Å². The minimum atomic E-state index is -0.268. The van der Waals surface area contributed by atoms with E-state index in [0.717, 1.165) is 45.6 Å². The quantitative estimate of drug-likeness (QED) is 0.708. The van der Waals surface area contributed by atoms with Crippen LogP contribution in [-0.4, -0.2) is 95.1 Å². The number of aliphatic hydroxyl groups is 1. The number of β-amino-alcohol motifs (C(OH)–C–C–N with tert-alkyl or cyclic N) is 1. The Morgan fingerprint density at radius 2 is 1.93 bits per heavy atom. The van der Waals surface area contributed by atoms with Gasteiger partial charge in [0.25, 0.3) is 0 Å². The fourth-order valence-corrected chi connectivity index (χ4v) is 5.24. The molecule has 7 heteroatoms. The van der Waals surface area contributed by atoms with Gasteiger partial charge >= 0.3 is 0 Å². The van der Waals surface area contributed by atoms with Gasteiger partial charge in [-0.1, -0.05) is 30.3 Å². The lowest BCUT2D eigenvalue weighted by Gasteiger charge is -2.61. The number of hydrogen-bond acceptors (Lipinski definition) is 5. The summed E-state index contributed by atoms with van der Waals surface area (Å²) in [4.78, 5) is 30.4. The molecule has 3 saturated heterocycles. The number of carbonyl (C=O) groups is 2. The highest BCUT2D eigenvalue weighted by atomic mass is 16.3. The molecule has 1 aromatic rings. The molecule has 0 aliphatic carbocycles. The number of nitrogens with one attached hydrogen (secondary N) is 1. The van der Waals surface area contributed by atoms with Crippen LogP contribution in [-0.2, 0) is 16.0 Å². The fourth-order valence-electron chi connectivity index (χ4n) is 5.24. The SMILES string of the molecule is CC(=O)NCCC(=O)N1CC2(CN(CCc3ccccc3)C[C@@H]3C[C@@H](O)CN32)C1. The molecule has 2 atom stereocenters. The Labute approximate surface area is 172 Å². The zero-order chi connectivity index (χ0) is 20.4. The van der Waals surface area contributed by atoms with Crippen molar-refractivity contribution in [1.82, 2.24) is 20.0 Å². The van der Waals surface area contributed by atoms with Crippen LogP contribution in [0.4, 0.5) is 0 Å². The van der Waals surface area contributed by atoms with Gasteiger partial charge in [0.2, 0.25) is 11.8 Å². The molecule has 158 valence electrons. The smallest absolute Gasteiger partial charge is 0.224 e. The van der Waals surface area contributed by atoms with Crippen LogP contribution in [0.25, 0.3) is 0 Å². The summed E-state index contributed by atoms with van der Waals surface area (Å²) in [5, 5.41) is 13.0. The number of carbonyl (C=O) groups excluding carboxylic acids is 2. The molecule has 29 heavy (non-hydrogen) atoms. The lowest BCUT2D eigenvalue weighted by atomic mass is 9.83. The summed E-state index contributed by atoms with van der Waals surface area (Å²) in [5.74, 6) is -0.00445. The number of fused-ring (bicyclic) bond motifs is 2. The first-order chi connectivity index (χ1) is 13.9. The summed E-state index contributed by atoms with van der Waals surface area (Å²) in [6.45, 7) is 6.95. The molecule has 0 unspecified atom stereocenters. The number of piperazine rings is 1. The maximum absolute atomic E-state index is 12.5. The number of rotatable bonds is 6. The summed E-state index contributed by atoms with van der Waals surface area (Å²) in [6.07, 6.45) is 1.92. The molecule has 3 aliphatic rings. The van der Waals surface area contributed by atoms with Crippen LogP contribution < -0.4 is 5.32 Å². The van der Waals surface area contributed by atoms with Crippen molar-refractivity contribution < 1.29 is 14.7 Å². The van der Waals surface area contributed by atoms with Gasteiger partial charge < -0.3 is 15.3 Å². The standard InChI is InChI=1S/C22H32N4O3/c1-17(27)23-9-7-21(29)25-15-22(16-25)14-24(10-8-18-5-3-2-4-6-18)12-19-11-20(28)13-26(19)22/h2-6,19-20,28H,7-16H2,1H3,(H,23,27)/t19-,20+/m0/s1. The number of aliphatic hydroxyl groups excluding tert-OH is 1. The van der Waals surface area contributed by atoms with Gasteiger partial charge in [-0.05, 0) is 18.4 Å². The average Bonchev–Trinajstić information content (AvgIpc) is 3.04. The predicted octanol–water partition coefficient (Wildman–Crippen LogP) is 0.0871. The minimum Gasteiger partial charge on any atom is -0.392 e. The maximum atomic E-state index is 12.5. The molecule has 0 bridgehead atoms. The summed E-state index contributed by atoms with van der Waals surface area (Å²) in [5.41, 5.74) is 1.31. The zero-order valence-electron chi connectivity index (χ0n) is 17.2. The van der Waals surface area contributed by atoms with E-state index in [1.54, 1.807) is 0 Å². The molecule has 2 N–H and O–H groups in total. The van der Waals surface area contributed by atoms with E-state index in [1.807, 2.05) is 11.0 Å². The molecule has 0 radical (unpaired) electrons. The van der Waals surface area contributed by atoms with Crippen molar-refractivity contribution in [2.75, 3.05) is 45.8 Å². The lowest BCUT2D eigenvalue weighted by molar-refractivity contribution is -0.156. The first-order valence-electron chi connectivity index (χ1n) is 10.7. The van der Waals surface area contributed by atoms with Gasteiger partial charge in [0.1, 0.15) is 0 Å². The molecule has 4 rings (SSSR count). The van der Waals surface area contributed by atoms with E-state index in [9.17, 15) is 14.7 Å². The van der Waals surface area contributed by atoms with Gasteiger partial charge in [0, 0.05) is 65.2 Å². The van der Waals surface area contributed by atoms with Crippen molar-refractivity contribution in [1.29, 1.82) is 0 Å². The maximum Gasteiger partial charge on any atom is 0.224 e. The second kappa shape index (κ2) is 8.42. The summed E-state index contributed by atoms with van der Waals surface area (Å²) in [6, 6.07) is 10.9. The lowest BCUT2D eigenvalue weighted by Crippen LogP contribution is -2.78. The normalized spacial score (nSPS) is 26.2. The van der Waals surface area contributed by atoms with E-state index in [1.165, 1.54) is 12.5 Å². The second-order valence-electron chi connectivity index (χ2n) is 8.87. The Morgan fingerprint density at radius 3 is 2.66 bits per heavy atom. The average molecular weight is 401 g/mol. The van der Waals surface area contributed by atoms with Gasteiger partial charge in [-0.25, -0.2) is 0 Å². The van der Waals surface area contributed by atoms with Crippen LogP contribution >= 0.6 is 0 Å². The third kappa shape index (κ3) is 4.47. The van der Waals surface area contributed by atoms with Crippen LogP contribution in [0.3, 0.4) is 0 Å². The van der Waals surface area contributed by atoms with Crippen molar-refractivity contribution in [2.45, 2.75) is 43.9 Å². The molecule has 1 aromatic carbocycles. The van der Waals surface area contributed by atoms with Crippen LogP contribution in [0.5, 0.6) is 0 Å². The molecule has 0 aromatic heterocycles. The zero-order valence-corrected chi connectivity index (χ0v) is 17.2. The highest BCUT2D eigenvalue weighted by Crippen LogP contribution is 2.39. The number of hydrogen-bond donors (Lipinski definition) is 2. The number of likely N-dealkylation sites (tertiary alicyclic amines) is 1. The topological polar surface area (TPSA) is 76.1 Å². The van der Waals surface area contributed by atoms with Gasteiger partial charge in [-0.15, -0.1) is 0 Å². The molecule has 1 spiro atoms. The number of amides is 2. The largest absolute Gasteiger partial charge is 0.392 e. The Balaban J connectivity index is 1.36. The number of nitrogens with zero attached hydrogens (tertiary/aromatic N) is 3. The summed E-state index contributed by atoms with van der Waals surface area (Å²) in [7, 11) is 0. The van der Waals surface area contributed by atoms with Gasteiger partial charge in [0.05, 0.1) is 11.6 Å². The minimum absolute atomic E-state index is 0.0409. The molecule has 2 amide bonds. The Morgan fingerprint density at radius 1 is 1.17 bits per heavy atom. The Hall–Kier alpha value is -1.96. The highest BCUT2D eigenvalue weighted by molar-refractivity contribution is 5.79. The molecule has 7 nitrogen and oxygen atoms in total.